The maximum atomic E-state index is 4.33. The molecule has 0 unspecified atom stereocenters. The molecule has 0 fully saturated rings. The Morgan fingerprint density at radius 1 is 0.762 bits per heavy atom. The topological polar surface area (TPSA) is 25.8 Å². The first-order chi connectivity index (χ1) is 10.4. The van der Waals surface area contributed by atoms with Gasteiger partial charge < -0.3 is 0 Å². The van der Waals surface area contributed by atoms with Crippen molar-refractivity contribution in [2.24, 2.45) is 0 Å². The van der Waals surface area contributed by atoms with Gasteiger partial charge in [0.1, 0.15) is 0 Å². The SMILES string of the molecule is c1ccc(CSCCSCCSCc2cccnc2)nc1. The molecule has 21 heavy (non-hydrogen) atoms. The van der Waals surface area contributed by atoms with E-state index in [2.05, 4.69) is 28.2 Å². The van der Waals surface area contributed by atoms with Crippen molar-refractivity contribution in [1.29, 1.82) is 0 Å². The van der Waals surface area contributed by atoms with Crippen LogP contribution in [0.4, 0.5) is 0 Å². The first-order valence-electron chi connectivity index (χ1n) is 6.97. The van der Waals surface area contributed by atoms with Gasteiger partial charge in [-0.15, -0.1) is 0 Å². The van der Waals surface area contributed by atoms with Gasteiger partial charge in [0.05, 0.1) is 5.69 Å². The minimum Gasteiger partial charge on any atom is -0.264 e. The first-order valence-corrected chi connectivity index (χ1v) is 10.4. The van der Waals surface area contributed by atoms with Crippen LogP contribution in [-0.4, -0.2) is 33.0 Å². The molecule has 2 rings (SSSR count). The quantitative estimate of drug-likeness (QED) is 0.600. The highest BCUT2D eigenvalue weighted by Crippen LogP contribution is 2.15. The Labute approximate surface area is 139 Å². The number of hydrogen-bond acceptors (Lipinski definition) is 5. The molecule has 2 heterocycles. The number of hydrogen-bond donors (Lipinski definition) is 0. The fraction of sp³-hybridized carbons (Fsp3) is 0.375. The van der Waals surface area contributed by atoms with E-state index in [1.807, 2.05) is 66.0 Å². The zero-order chi connectivity index (χ0) is 14.6. The van der Waals surface area contributed by atoms with Gasteiger partial charge in [-0.2, -0.15) is 35.3 Å². The monoisotopic (exact) mass is 336 g/mol. The molecule has 0 saturated heterocycles. The summed E-state index contributed by atoms with van der Waals surface area (Å²) in [6.07, 6.45) is 5.64. The zero-order valence-electron chi connectivity index (χ0n) is 12.0. The second kappa shape index (κ2) is 11.0. The van der Waals surface area contributed by atoms with E-state index in [9.17, 15) is 0 Å². The molecular formula is C16H20N2S3. The van der Waals surface area contributed by atoms with Crippen LogP contribution in [0, 0.1) is 0 Å². The fourth-order valence-electron chi connectivity index (χ4n) is 1.67. The average Bonchev–Trinajstić information content (AvgIpc) is 2.55. The van der Waals surface area contributed by atoms with E-state index in [0.717, 1.165) is 11.5 Å². The molecule has 2 aromatic rings. The number of aromatic nitrogens is 2. The van der Waals surface area contributed by atoms with E-state index >= 15 is 0 Å². The summed E-state index contributed by atoms with van der Waals surface area (Å²) in [5, 5.41) is 0. The lowest BCUT2D eigenvalue weighted by Gasteiger charge is -2.03. The highest BCUT2D eigenvalue weighted by molar-refractivity contribution is 8.04. The molecule has 112 valence electrons. The van der Waals surface area contributed by atoms with Gasteiger partial charge in [0.15, 0.2) is 0 Å². The van der Waals surface area contributed by atoms with Crippen LogP contribution in [-0.2, 0) is 11.5 Å². The van der Waals surface area contributed by atoms with Crippen LogP contribution >= 0.6 is 35.3 Å². The Kier molecular flexibility index (Phi) is 8.75. The summed E-state index contributed by atoms with van der Waals surface area (Å²) in [7, 11) is 0. The number of rotatable bonds is 10. The standard InChI is InChI=1S/C16H20N2S3/c1-2-7-18-16(5-1)14-21-11-9-19-8-10-20-13-15-4-3-6-17-12-15/h1-7,12H,8-11,13-14H2. The molecule has 0 bridgehead atoms. The van der Waals surface area contributed by atoms with Crippen LogP contribution in [0.3, 0.4) is 0 Å². The van der Waals surface area contributed by atoms with Crippen molar-refractivity contribution in [3.63, 3.8) is 0 Å². The molecule has 0 radical (unpaired) electrons. The van der Waals surface area contributed by atoms with Crippen LogP contribution < -0.4 is 0 Å². The van der Waals surface area contributed by atoms with Crippen LogP contribution in [0.5, 0.6) is 0 Å². The van der Waals surface area contributed by atoms with E-state index in [4.69, 9.17) is 0 Å². The summed E-state index contributed by atoms with van der Waals surface area (Å²) in [6, 6.07) is 10.3. The van der Waals surface area contributed by atoms with E-state index in [0.29, 0.717) is 0 Å². The lowest BCUT2D eigenvalue weighted by atomic mass is 10.3. The normalized spacial score (nSPS) is 10.7. The molecule has 0 atom stereocenters. The molecular weight excluding hydrogens is 316 g/mol. The van der Waals surface area contributed by atoms with Crippen molar-refractivity contribution in [1.82, 2.24) is 9.97 Å². The smallest absolute Gasteiger partial charge is 0.0502 e. The van der Waals surface area contributed by atoms with Gasteiger partial charge >= 0.3 is 0 Å². The Hall–Kier alpha value is -0.650. The minimum absolute atomic E-state index is 1.02. The highest BCUT2D eigenvalue weighted by Gasteiger charge is 1.96. The summed E-state index contributed by atoms with van der Waals surface area (Å²) in [6.45, 7) is 0. The molecule has 0 aliphatic heterocycles. The Morgan fingerprint density at radius 3 is 2.29 bits per heavy atom. The van der Waals surface area contributed by atoms with Crippen LogP contribution in [0.2, 0.25) is 0 Å². The number of pyridine rings is 2. The van der Waals surface area contributed by atoms with Crippen LogP contribution in [0.15, 0.2) is 48.9 Å². The molecule has 0 aliphatic rings. The fourth-order valence-corrected chi connectivity index (χ4v) is 4.84. The van der Waals surface area contributed by atoms with Crippen molar-refractivity contribution >= 4 is 35.3 Å². The molecule has 2 nitrogen and oxygen atoms in total. The Bertz CT molecular complexity index is 434. The molecule has 5 heteroatoms. The summed E-state index contributed by atoms with van der Waals surface area (Å²) in [5.74, 6) is 6.97. The molecule has 0 aromatic carbocycles. The third-order valence-electron chi connectivity index (χ3n) is 2.71. The predicted molar refractivity (Wildman–Crippen MR) is 98.1 cm³/mol. The maximum absolute atomic E-state index is 4.33. The van der Waals surface area contributed by atoms with Gasteiger partial charge in [0.25, 0.3) is 0 Å². The van der Waals surface area contributed by atoms with Gasteiger partial charge in [-0.05, 0) is 23.8 Å². The maximum Gasteiger partial charge on any atom is 0.0502 e. The summed E-state index contributed by atoms with van der Waals surface area (Å²) in [4.78, 5) is 8.46. The van der Waals surface area contributed by atoms with Gasteiger partial charge in [-0.3, -0.25) is 9.97 Å². The van der Waals surface area contributed by atoms with Crippen molar-refractivity contribution in [2.75, 3.05) is 23.0 Å². The van der Waals surface area contributed by atoms with Crippen LogP contribution in [0.25, 0.3) is 0 Å². The number of thioether (sulfide) groups is 3. The van der Waals surface area contributed by atoms with Crippen molar-refractivity contribution in [3.8, 4) is 0 Å². The van der Waals surface area contributed by atoms with Gasteiger partial charge in [-0.1, -0.05) is 12.1 Å². The highest BCUT2D eigenvalue weighted by atomic mass is 32.2. The first kappa shape index (κ1) is 16.7. The third kappa shape index (κ3) is 7.79. The number of nitrogens with zero attached hydrogens (tertiary/aromatic N) is 2. The van der Waals surface area contributed by atoms with Crippen molar-refractivity contribution in [2.45, 2.75) is 11.5 Å². The second-order valence-electron chi connectivity index (χ2n) is 4.40. The van der Waals surface area contributed by atoms with E-state index < -0.39 is 0 Å². The molecule has 0 spiro atoms. The van der Waals surface area contributed by atoms with Gasteiger partial charge in [-0.25, -0.2) is 0 Å². The molecule has 2 aromatic heterocycles. The van der Waals surface area contributed by atoms with Crippen molar-refractivity contribution < 1.29 is 0 Å². The largest absolute Gasteiger partial charge is 0.264 e. The zero-order valence-corrected chi connectivity index (χ0v) is 14.4. The summed E-state index contributed by atoms with van der Waals surface area (Å²) in [5.41, 5.74) is 2.50. The lowest BCUT2D eigenvalue weighted by Crippen LogP contribution is -1.92. The van der Waals surface area contributed by atoms with Crippen molar-refractivity contribution in [3.05, 3.63) is 60.2 Å². The molecule has 0 saturated carbocycles. The molecule has 0 aliphatic carbocycles. The van der Waals surface area contributed by atoms with Gasteiger partial charge in [0, 0.05) is 53.1 Å². The predicted octanol–water partition coefficient (Wildman–Crippen LogP) is 4.38. The van der Waals surface area contributed by atoms with Gasteiger partial charge in [0.2, 0.25) is 0 Å². The summed E-state index contributed by atoms with van der Waals surface area (Å²) >= 11 is 6.00. The summed E-state index contributed by atoms with van der Waals surface area (Å²) < 4.78 is 0. The van der Waals surface area contributed by atoms with E-state index in [-0.39, 0.29) is 0 Å². The minimum atomic E-state index is 1.02. The molecule has 0 amide bonds. The van der Waals surface area contributed by atoms with E-state index in [1.165, 1.54) is 34.3 Å². The lowest BCUT2D eigenvalue weighted by molar-refractivity contribution is 1.17. The second-order valence-corrected chi connectivity index (χ2v) is 7.83. The average molecular weight is 337 g/mol. The Balaban J connectivity index is 1.40. The van der Waals surface area contributed by atoms with E-state index in [1.54, 1.807) is 0 Å². The van der Waals surface area contributed by atoms with Crippen LogP contribution in [0.1, 0.15) is 11.3 Å². The third-order valence-corrected chi connectivity index (χ3v) is 6.24. The Morgan fingerprint density at radius 2 is 1.57 bits per heavy atom. The molecule has 0 N–H and O–H groups in total.